The molecule has 0 radical (unpaired) electrons. The average molecular weight is 364 g/mol. The minimum atomic E-state index is 0.0490. The summed E-state index contributed by atoms with van der Waals surface area (Å²) in [6, 6.07) is 16.0. The summed E-state index contributed by atoms with van der Waals surface area (Å²) in [5.74, 6) is 1.33. The average Bonchev–Trinajstić information content (AvgIpc) is 2.50. The van der Waals surface area contributed by atoms with Gasteiger partial charge in [0.05, 0.1) is 5.75 Å². The second-order valence-electron chi connectivity index (χ2n) is 4.64. The molecule has 2 rings (SSSR count). The van der Waals surface area contributed by atoms with Gasteiger partial charge in [0.25, 0.3) is 0 Å². The second-order valence-corrected chi connectivity index (χ2v) is 6.48. The molecule has 1 N–H and O–H groups in total. The maximum Gasteiger partial charge on any atom is 0.234 e. The molecule has 0 spiro atoms. The van der Waals surface area contributed by atoms with E-state index in [1.54, 1.807) is 11.8 Å². The van der Waals surface area contributed by atoms with E-state index in [4.69, 9.17) is 0 Å². The summed E-state index contributed by atoms with van der Waals surface area (Å²) < 4.78 is 1.09. The molecule has 0 aromatic heterocycles. The fourth-order valence-electron chi connectivity index (χ4n) is 2.01. The van der Waals surface area contributed by atoms with E-state index >= 15 is 0 Å². The van der Waals surface area contributed by atoms with Gasteiger partial charge in [-0.3, -0.25) is 4.79 Å². The predicted molar refractivity (Wildman–Crippen MR) is 94.8 cm³/mol. The number of halogens is 1. The summed E-state index contributed by atoms with van der Waals surface area (Å²) in [6.45, 7) is 2.09. The van der Waals surface area contributed by atoms with E-state index in [2.05, 4.69) is 34.2 Å². The van der Waals surface area contributed by atoms with Gasteiger partial charge < -0.3 is 5.32 Å². The van der Waals surface area contributed by atoms with Gasteiger partial charge in [-0.25, -0.2) is 0 Å². The number of rotatable bonds is 6. The lowest BCUT2D eigenvalue weighted by Gasteiger charge is -2.09. The van der Waals surface area contributed by atoms with Gasteiger partial charge in [0.15, 0.2) is 0 Å². The number of hydrogen-bond donors (Lipinski definition) is 1. The SMILES string of the molecule is CCc1ccccc1NC(=O)CSCc1ccccc1Br. The van der Waals surface area contributed by atoms with Gasteiger partial charge in [-0.15, -0.1) is 11.8 Å². The van der Waals surface area contributed by atoms with Crippen LogP contribution in [0.5, 0.6) is 0 Å². The van der Waals surface area contributed by atoms with Crippen molar-refractivity contribution in [2.75, 3.05) is 11.1 Å². The Kier molecular flexibility index (Phi) is 6.33. The molecule has 110 valence electrons. The van der Waals surface area contributed by atoms with Gasteiger partial charge in [0, 0.05) is 15.9 Å². The number of hydrogen-bond acceptors (Lipinski definition) is 2. The number of carbonyl (C=O) groups excluding carboxylic acids is 1. The van der Waals surface area contributed by atoms with E-state index in [1.165, 1.54) is 11.1 Å². The number of anilines is 1. The highest BCUT2D eigenvalue weighted by atomic mass is 79.9. The minimum Gasteiger partial charge on any atom is -0.325 e. The van der Waals surface area contributed by atoms with E-state index in [9.17, 15) is 4.79 Å². The fraction of sp³-hybridized carbons (Fsp3) is 0.235. The first-order chi connectivity index (χ1) is 10.2. The zero-order chi connectivity index (χ0) is 15.1. The second kappa shape index (κ2) is 8.25. The zero-order valence-electron chi connectivity index (χ0n) is 11.9. The van der Waals surface area contributed by atoms with E-state index in [-0.39, 0.29) is 5.91 Å². The number of aryl methyl sites for hydroxylation is 1. The minimum absolute atomic E-state index is 0.0490. The molecule has 2 nitrogen and oxygen atoms in total. The summed E-state index contributed by atoms with van der Waals surface area (Å²) in [7, 11) is 0. The summed E-state index contributed by atoms with van der Waals surface area (Å²) in [5, 5.41) is 2.99. The molecule has 0 saturated carbocycles. The van der Waals surface area contributed by atoms with Gasteiger partial charge in [-0.1, -0.05) is 59.3 Å². The first-order valence-electron chi connectivity index (χ1n) is 6.89. The standard InChI is InChI=1S/C17H18BrNOS/c1-2-13-7-4-6-10-16(13)19-17(20)12-21-11-14-8-3-5-9-15(14)18/h3-10H,2,11-12H2,1H3,(H,19,20). The molecule has 0 fully saturated rings. The lowest BCUT2D eigenvalue weighted by molar-refractivity contribution is -0.113. The molecular weight excluding hydrogens is 346 g/mol. The lowest BCUT2D eigenvalue weighted by atomic mass is 10.1. The third-order valence-corrected chi connectivity index (χ3v) is 4.88. The van der Waals surface area contributed by atoms with Gasteiger partial charge >= 0.3 is 0 Å². The zero-order valence-corrected chi connectivity index (χ0v) is 14.3. The monoisotopic (exact) mass is 363 g/mol. The van der Waals surface area contributed by atoms with Crippen LogP contribution in [0.2, 0.25) is 0 Å². The van der Waals surface area contributed by atoms with E-state index in [0.717, 1.165) is 22.3 Å². The topological polar surface area (TPSA) is 29.1 Å². The van der Waals surface area contributed by atoms with Crippen LogP contribution in [0.1, 0.15) is 18.1 Å². The van der Waals surface area contributed by atoms with Crippen LogP contribution in [0, 0.1) is 0 Å². The van der Waals surface area contributed by atoms with Crippen LogP contribution in [0.4, 0.5) is 5.69 Å². The Hall–Kier alpha value is -1.26. The van der Waals surface area contributed by atoms with Crippen LogP contribution >= 0.6 is 27.7 Å². The first kappa shape index (κ1) is 16.1. The number of carbonyl (C=O) groups is 1. The van der Waals surface area contributed by atoms with Crippen molar-refractivity contribution >= 4 is 39.3 Å². The third-order valence-electron chi connectivity index (χ3n) is 3.12. The van der Waals surface area contributed by atoms with Crippen molar-refractivity contribution in [2.24, 2.45) is 0 Å². The number of benzene rings is 2. The highest BCUT2D eigenvalue weighted by Gasteiger charge is 2.06. The molecule has 0 unspecified atom stereocenters. The number of amides is 1. The summed E-state index contributed by atoms with van der Waals surface area (Å²) in [5.41, 5.74) is 3.30. The fourth-order valence-corrected chi connectivity index (χ4v) is 3.45. The Morgan fingerprint density at radius 3 is 2.48 bits per heavy atom. The van der Waals surface area contributed by atoms with Crippen molar-refractivity contribution in [1.82, 2.24) is 0 Å². The molecule has 1 amide bonds. The number of para-hydroxylation sites is 1. The van der Waals surface area contributed by atoms with E-state index in [1.807, 2.05) is 42.5 Å². The normalized spacial score (nSPS) is 10.4. The Bertz CT molecular complexity index is 615. The van der Waals surface area contributed by atoms with Crippen molar-refractivity contribution < 1.29 is 4.79 Å². The van der Waals surface area contributed by atoms with Crippen molar-refractivity contribution in [3.63, 3.8) is 0 Å². The van der Waals surface area contributed by atoms with Gasteiger partial charge in [0.2, 0.25) is 5.91 Å². The highest BCUT2D eigenvalue weighted by Crippen LogP contribution is 2.22. The molecular formula is C17H18BrNOS. The highest BCUT2D eigenvalue weighted by molar-refractivity contribution is 9.10. The molecule has 4 heteroatoms. The summed E-state index contributed by atoms with van der Waals surface area (Å²) in [4.78, 5) is 12.0. The van der Waals surface area contributed by atoms with Gasteiger partial charge in [0.1, 0.15) is 0 Å². The van der Waals surface area contributed by atoms with Crippen molar-refractivity contribution in [3.05, 3.63) is 64.1 Å². The van der Waals surface area contributed by atoms with Gasteiger partial charge in [-0.2, -0.15) is 0 Å². The molecule has 2 aromatic carbocycles. The van der Waals surface area contributed by atoms with Crippen molar-refractivity contribution in [1.29, 1.82) is 0 Å². The Balaban J connectivity index is 1.84. The van der Waals surface area contributed by atoms with Crippen LogP contribution < -0.4 is 5.32 Å². The maximum atomic E-state index is 12.0. The number of thioether (sulfide) groups is 1. The summed E-state index contributed by atoms with van der Waals surface area (Å²) >= 11 is 5.14. The van der Waals surface area contributed by atoms with Gasteiger partial charge in [-0.05, 0) is 29.7 Å². The smallest absolute Gasteiger partial charge is 0.234 e. The Morgan fingerprint density at radius 1 is 1.10 bits per heavy atom. The van der Waals surface area contributed by atoms with Crippen LogP contribution in [0.15, 0.2) is 53.0 Å². The largest absolute Gasteiger partial charge is 0.325 e. The predicted octanol–water partition coefficient (Wildman–Crippen LogP) is 4.88. The third kappa shape index (κ3) is 4.90. The molecule has 0 saturated heterocycles. The van der Waals surface area contributed by atoms with Crippen LogP contribution in [0.3, 0.4) is 0 Å². The molecule has 21 heavy (non-hydrogen) atoms. The summed E-state index contributed by atoms with van der Waals surface area (Å²) in [6.07, 6.45) is 0.917. The number of nitrogens with one attached hydrogen (secondary N) is 1. The molecule has 0 bridgehead atoms. The van der Waals surface area contributed by atoms with Crippen molar-refractivity contribution in [2.45, 2.75) is 19.1 Å². The van der Waals surface area contributed by atoms with Crippen LogP contribution in [-0.2, 0) is 17.0 Å². The van der Waals surface area contributed by atoms with Crippen LogP contribution in [0.25, 0.3) is 0 Å². The molecule has 2 aromatic rings. The lowest BCUT2D eigenvalue weighted by Crippen LogP contribution is -2.15. The Labute approximate surface area is 138 Å². The Morgan fingerprint density at radius 2 is 1.76 bits per heavy atom. The van der Waals surface area contributed by atoms with Crippen LogP contribution in [-0.4, -0.2) is 11.7 Å². The molecule has 0 aliphatic rings. The maximum absolute atomic E-state index is 12.0. The molecule has 0 heterocycles. The van der Waals surface area contributed by atoms with E-state index < -0.39 is 0 Å². The molecule has 0 atom stereocenters. The van der Waals surface area contributed by atoms with Crippen molar-refractivity contribution in [3.8, 4) is 0 Å². The first-order valence-corrected chi connectivity index (χ1v) is 8.84. The van der Waals surface area contributed by atoms with E-state index in [0.29, 0.717) is 5.75 Å². The molecule has 0 aliphatic heterocycles. The quantitative estimate of drug-likeness (QED) is 0.791. The molecule has 0 aliphatic carbocycles.